The van der Waals surface area contributed by atoms with Crippen LogP contribution in [0.25, 0.3) is 0 Å². The fraction of sp³-hybridized carbons (Fsp3) is 1.00. The first-order valence-electron chi connectivity index (χ1n) is 5.00. The average molecular weight is 255 g/mol. The summed E-state index contributed by atoms with van der Waals surface area (Å²) in [5, 5.41) is 0. The number of hydrogen-bond donors (Lipinski definition) is 0. The van der Waals surface area contributed by atoms with E-state index in [1.54, 1.807) is 0 Å². The van der Waals surface area contributed by atoms with E-state index < -0.39 is 19.6 Å². The monoisotopic (exact) mass is 254 g/mol. The molecule has 4 nitrogen and oxygen atoms in total. The Morgan fingerprint density at radius 2 is 2.00 bits per heavy atom. The number of halogens is 1. The van der Waals surface area contributed by atoms with Gasteiger partial charge in [-0.3, -0.25) is 0 Å². The Balaban J connectivity index is 2.00. The molecule has 0 spiro atoms. The third-order valence-corrected chi connectivity index (χ3v) is 5.58. The number of ether oxygens (including phenoxy) is 2. The molecule has 1 atom stereocenters. The van der Waals surface area contributed by atoms with Crippen LogP contribution in [0.3, 0.4) is 0 Å². The summed E-state index contributed by atoms with van der Waals surface area (Å²) < 4.78 is 32.9. The summed E-state index contributed by atoms with van der Waals surface area (Å²) in [5.41, 5.74) is 0. The normalized spacial score (nSPS) is 32.9. The van der Waals surface area contributed by atoms with Gasteiger partial charge in [0, 0.05) is 10.7 Å². The molecule has 6 heteroatoms. The summed E-state index contributed by atoms with van der Waals surface area (Å²) in [5.74, 6) is -0.600. The highest BCUT2D eigenvalue weighted by molar-refractivity contribution is 8.15. The van der Waals surface area contributed by atoms with Crippen LogP contribution in [0.1, 0.15) is 33.1 Å². The molecule has 0 unspecified atom stereocenters. The van der Waals surface area contributed by atoms with Crippen LogP contribution >= 0.6 is 10.7 Å². The molecule has 2 aliphatic rings. The van der Waals surface area contributed by atoms with Gasteiger partial charge in [-0.15, -0.1) is 0 Å². The lowest BCUT2D eigenvalue weighted by atomic mass is 10.2. The van der Waals surface area contributed by atoms with Crippen LogP contribution in [-0.4, -0.2) is 31.7 Å². The van der Waals surface area contributed by atoms with Gasteiger partial charge in [-0.2, -0.15) is 0 Å². The van der Waals surface area contributed by atoms with Gasteiger partial charge in [0.1, 0.15) is 0 Å². The van der Waals surface area contributed by atoms with Crippen molar-refractivity contribution < 1.29 is 17.9 Å². The molecule has 2 fully saturated rings. The van der Waals surface area contributed by atoms with Gasteiger partial charge in [0.25, 0.3) is 0 Å². The molecule has 0 aromatic heterocycles. The van der Waals surface area contributed by atoms with Gasteiger partial charge in [-0.25, -0.2) is 8.42 Å². The van der Waals surface area contributed by atoms with E-state index in [-0.39, 0.29) is 6.10 Å². The Morgan fingerprint density at radius 3 is 2.33 bits per heavy atom. The lowest BCUT2D eigenvalue weighted by molar-refractivity contribution is -0.139. The van der Waals surface area contributed by atoms with Crippen molar-refractivity contribution in [2.45, 2.75) is 49.7 Å². The summed E-state index contributed by atoms with van der Waals surface area (Å²) in [6.45, 7) is 4.09. The molecule has 1 heterocycles. The van der Waals surface area contributed by atoms with Crippen LogP contribution in [0.2, 0.25) is 0 Å². The fourth-order valence-electron chi connectivity index (χ4n) is 1.97. The van der Waals surface area contributed by atoms with Gasteiger partial charge >= 0.3 is 0 Å². The van der Waals surface area contributed by atoms with E-state index in [4.69, 9.17) is 20.2 Å². The van der Waals surface area contributed by atoms with Crippen LogP contribution < -0.4 is 0 Å². The highest BCUT2D eigenvalue weighted by Gasteiger charge is 2.56. The Hall–Kier alpha value is 0.160. The van der Waals surface area contributed by atoms with E-state index in [9.17, 15) is 8.42 Å². The Morgan fingerprint density at radius 1 is 1.40 bits per heavy atom. The van der Waals surface area contributed by atoms with Crippen LogP contribution in [0.15, 0.2) is 0 Å². The van der Waals surface area contributed by atoms with Gasteiger partial charge in [-0.1, -0.05) is 0 Å². The summed E-state index contributed by atoms with van der Waals surface area (Å²) in [4.78, 5) is 0. The second-order valence-electron chi connectivity index (χ2n) is 4.78. The Labute approximate surface area is 94.3 Å². The third kappa shape index (κ3) is 2.30. The predicted molar refractivity (Wildman–Crippen MR) is 56.3 cm³/mol. The van der Waals surface area contributed by atoms with Crippen molar-refractivity contribution in [2.75, 3.05) is 6.61 Å². The van der Waals surface area contributed by atoms with E-state index in [0.717, 1.165) is 0 Å². The molecule has 0 bridgehead atoms. The van der Waals surface area contributed by atoms with Crippen molar-refractivity contribution in [3.05, 3.63) is 0 Å². The van der Waals surface area contributed by atoms with E-state index in [0.29, 0.717) is 25.9 Å². The Kier molecular flexibility index (Phi) is 2.58. The fourth-order valence-corrected chi connectivity index (χ4v) is 3.59. The number of rotatable bonds is 3. The maximum Gasteiger partial charge on any atom is 0.238 e. The SMILES string of the molecule is CC1(C)OC[C@@H](CC2(S(=O)(=O)Cl)CC2)O1. The van der Waals surface area contributed by atoms with Crippen molar-refractivity contribution in [2.24, 2.45) is 0 Å². The standard InChI is InChI=1S/C9H15ClO4S/c1-8(2)13-6-7(14-8)5-9(3-4-9)15(10,11)12/h7H,3-6H2,1-2H3/t7-/m1/s1. The third-order valence-electron chi connectivity index (χ3n) is 2.99. The summed E-state index contributed by atoms with van der Waals surface area (Å²) in [7, 11) is 1.93. The molecule has 1 saturated heterocycles. The highest BCUT2D eigenvalue weighted by atomic mass is 35.7. The van der Waals surface area contributed by atoms with Crippen molar-refractivity contribution in [3.63, 3.8) is 0 Å². The first kappa shape index (κ1) is 11.6. The molecule has 2 rings (SSSR count). The first-order chi connectivity index (χ1) is 6.74. The largest absolute Gasteiger partial charge is 0.348 e. The van der Waals surface area contributed by atoms with Crippen molar-refractivity contribution in [3.8, 4) is 0 Å². The van der Waals surface area contributed by atoms with Crippen molar-refractivity contribution in [1.29, 1.82) is 0 Å². The van der Waals surface area contributed by atoms with Crippen LogP contribution in [-0.2, 0) is 18.5 Å². The van der Waals surface area contributed by atoms with Gasteiger partial charge in [0.2, 0.25) is 9.05 Å². The van der Waals surface area contributed by atoms with Crippen molar-refractivity contribution >= 4 is 19.7 Å². The molecule has 0 radical (unpaired) electrons. The van der Waals surface area contributed by atoms with Gasteiger partial charge < -0.3 is 9.47 Å². The van der Waals surface area contributed by atoms with Crippen LogP contribution in [0.5, 0.6) is 0 Å². The second-order valence-corrected chi connectivity index (χ2v) is 7.74. The Bertz CT molecular complexity index is 358. The average Bonchev–Trinajstić information content (AvgIpc) is 2.73. The molecule has 0 N–H and O–H groups in total. The molecule has 0 amide bonds. The molecule has 0 aromatic rings. The van der Waals surface area contributed by atoms with Gasteiger partial charge in [-0.05, 0) is 33.1 Å². The molecule has 1 aliphatic carbocycles. The quantitative estimate of drug-likeness (QED) is 0.719. The summed E-state index contributed by atoms with van der Waals surface area (Å²) in [6.07, 6.45) is 1.57. The number of hydrogen-bond acceptors (Lipinski definition) is 4. The predicted octanol–water partition coefficient (Wildman–Crippen LogP) is 1.63. The summed E-state index contributed by atoms with van der Waals surface area (Å²) in [6, 6.07) is 0. The maximum absolute atomic E-state index is 11.3. The summed E-state index contributed by atoms with van der Waals surface area (Å²) >= 11 is 0. The van der Waals surface area contributed by atoms with Crippen LogP contribution in [0, 0.1) is 0 Å². The zero-order chi connectivity index (χ0) is 11.3. The zero-order valence-electron chi connectivity index (χ0n) is 8.82. The van der Waals surface area contributed by atoms with Gasteiger partial charge in [0.05, 0.1) is 17.5 Å². The lowest BCUT2D eigenvalue weighted by Gasteiger charge is -2.19. The van der Waals surface area contributed by atoms with E-state index in [1.807, 2.05) is 13.8 Å². The smallest absolute Gasteiger partial charge is 0.238 e. The highest BCUT2D eigenvalue weighted by Crippen LogP contribution is 2.50. The van der Waals surface area contributed by atoms with E-state index >= 15 is 0 Å². The van der Waals surface area contributed by atoms with Gasteiger partial charge in [0.15, 0.2) is 5.79 Å². The second kappa shape index (κ2) is 3.32. The molecular formula is C9H15ClO4S. The minimum absolute atomic E-state index is 0.156. The minimum atomic E-state index is -3.48. The molecule has 15 heavy (non-hydrogen) atoms. The van der Waals surface area contributed by atoms with E-state index in [2.05, 4.69) is 0 Å². The van der Waals surface area contributed by atoms with E-state index in [1.165, 1.54) is 0 Å². The lowest BCUT2D eigenvalue weighted by Crippen LogP contribution is -2.28. The molecule has 1 saturated carbocycles. The van der Waals surface area contributed by atoms with Crippen molar-refractivity contribution in [1.82, 2.24) is 0 Å². The zero-order valence-corrected chi connectivity index (χ0v) is 10.4. The first-order valence-corrected chi connectivity index (χ1v) is 7.31. The topological polar surface area (TPSA) is 52.6 Å². The minimum Gasteiger partial charge on any atom is -0.348 e. The molecule has 1 aliphatic heterocycles. The molecular weight excluding hydrogens is 240 g/mol. The van der Waals surface area contributed by atoms with Crippen LogP contribution in [0.4, 0.5) is 0 Å². The molecule has 0 aromatic carbocycles. The maximum atomic E-state index is 11.3. The molecule has 88 valence electrons.